The SMILES string of the molecule is C[C@@H]1[C@@H](NC(=O)[C@H]2NCC[C@@H]2O)C[C@@H]2C[C@H]1C2(C)C. The van der Waals surface area contributed by atoms with Crippen molar-refractivity contribution in [1.82, 2.24) is 10.6 Å². The van der Waals surface area contributed by atoms with Crippen LogP contribution >= 0.6 is 0 Å². The van der Waals surface area contributed by atoms with E-state index in [9.17, 15) is 9.90 Å². The van der Waals surface area contributed by atoms with Crippen LogP contribution in [0.15, 0.2) is 0 Å². The van der Waals surface area contributed by atoms with Gasteiger partial charge >= 0.3 is 0 Å². The first-order valence-electron chi connectivity index (χ1n) is 7.63. The maximum Gasteiger partial charge on any atom is 0.240 e. The van der Waals surface area contributed by atoms with Gasteiger partial charge in [-0.15, -0.1) is 0 Å². The normalized spacial score (nSPS) is 47.6. The Morgan fingerprint density at radius 2 is 2.11 bits per heavy atom. The third-order valence-corrected chi connectivity index (χ3v) is 6.15. The number of carbonyl (C=O) groups excluding carboxylic acids is 1. The number of nitrogens with one attached hydrogen (secondary N) is 2. The van der Waals surface area contributed by atoms with Crippen LogP contribution in [0.25, 0.3) is 0 Å². The summed E-state index contributed by atoms with van der Waals surface area (Å²) >= 11 is 0. The van der Waals surface area contributed by atoms with E-state index in [-0.39, 0.29) is 5.91 Å². The highest BCUT2D eigenvalue weighted by molar-refractivity contribution is 5.83. The minimum atomic E-state index is -0.523. The molecule has 0 spiro atoms. The molecule has 0 aromatic rings. The van der Waals surface area contributed by atoms with Crippen LogP contribution in [-0.2, 0) is 4.79 Å². The standard InChI is InChI=1S/C15H26N2O2/c1-8-10-6-9(15(10,2)3)7-11(8)17-14(19)13-12(18)4-5-16-13/h8-13,16,18H,4-7H2,1-3H3,(H,17,19)/t8-,9-,10+,11-,12-,13-/m0/s1. The lowest BCUT2D eigenvalue weighted by Crippen LogP contribution is -2.62. The van der Waals surface area contributed by atoms with E-state index >= 15 is 0 Å². The fourth-order valence-electron chi connectivity index (χ4n) is 4.57. The van der Waals surface area contributed by atoms with Crippen LogP contribution in [0.5, 0.6) is 0 Å². The molecular weight excluding hydrogens is 240 g/mol. The summed E-state index contributed by atoms with van der Waals surface area (Å²) in [5, 5.41) is 16.0. The number of fused-ring (bicyclic) bond motifs is 2. The number of hydrogen-bond donors (Lipinski definition) is 3. The minimum Gasteiger partial charge on any atom is -0.391 e. The maximum atomic E-state index is 12.2. The van der Waals surface area contributed by atoms with Crippen LogP contribution in [0.4, 0.5) is 0 Å². The van der Waals surface area contributed by atoms with Gasteiger partial charge < -0.3 is 15.7 Å². The molecule has 3 saturated carbocycles. The second kappa shape index (κ2) is 4.45. The van der Waals surface area contributed by atoms with Gasteiger partial charge in [0.15, 0.2) is 0 Å². The molecule has 19 heavy (non-hydrogen) atoms. The molecule has 4 rings (SSSR count). The van der Waals surface area contributed by atoms with Gasteiger partial charge in [-0.3, -0.25) is 4.79 Å². The summed E-state index contributed by atoms with van der Waals surface area (Å²) in [4.78, 5) is 12.2. The van der Waals surface area contributed by atoms with Crippen molar-refractivity contribution in [2.45, 2.75) is 58.2 Å². The molecule has 0 radical (unpaired) electrons. The summed E-state index contributed by atoms with van der Waals surface area (Å²) in [7, 11) is 0. The molecule has 6 atom stereocenters. The molecule has 4 fully saturated rings. The molecule has 4 aliphatic rings. The van der Waals surface area contributed by atoms with E-state index < -0.39 is 12.1 Å². The number of aliphatic hydroxyl groups is 1. The van der Waals surface area contributed by atoms with Crippen LogP contribution in [-0.4, -0.2) is 35.7 Å². The summed E-state index contributed by atoms with van der Waals surface area (Å²) in [5.74, 6) is 2.02. The lowest BCUT2D eigenvalue weighted by atomic mass is 9.45. The van der Waals surface area contributed by atoms with Gasteiger partial charge in [-0.05, 0) is 49.0 Å². The average Bonchev–Trinajstić information content (AvgIpc) is 2.77. The van der Waals surface area contributed by atoms with Gasteiger partial charge in [-0.25, -0.2) is 0 Å². The van der Waals surface area contributed by atoms with E-state index in [4.69, 9.17) is 0 Å². The Morgan fingerprint density at radius 1 is 1.37 bits per heavy atom. The van der Waals surface area contributed by atoms with Crippen LogP contribution in [0.1, 0.15) is 40.0 Å². The predicted octanol–water partition coefficient (Wildman–Crippen LogP) is 0.896. The molecule has 0 aromatic carbocycles. The fraction of sp³-hybridized carbons (Fsp3) is 0.933. The Balaban J connectivity index is 1.61. The molecular formula is C15H26N2O2. The largest absolute Gasteiger partial charge is 0.391 e. The molecule has 108 valence electrons. The summed E-state index contributed by atoms with van der Waals surface area (Å²) in [5.41, 5.74) is 0.450. The lowest BCUT2D eigenvalue weighted by molar-refractivity contribution is -0.136. The maximum absolute atomic E-state index is 12.2. The number of rotatable bonds is 2. The fourth-order valence-corrected chi connectivity index (χ4v) is 4.57. The molecule has 1 amide bonds. The van der Waals surface area contributed by atoms with E-state index in [0.29, 0.717) is 23.8 Å². The van der Waals surface area contributed by atoms with Gasteiger partial charge in [0.2, 0.25) is 5.91 Å². The van der Waals surface area contributed by atoms with Crippen LogP contribution in [0.2, 0.25) is 0 Å². The molecule has 0 unspecified atom stereocenters. The predicted molar refractivity (Wildman–Crippen MR) is 73.5 cm³/mol. The number of carbonyl (C=O) groups is 1. The van der Waals surface area contributed by atoms with Crippen molar-refractivity contribution in [1.29, 1.82) is 0 Å². The summed E-state index contributed by atoms with van der Waals surface area (Å²) < 4.78 is 0. The van der Waals surface area contributed by atoms with E-state index in [2.05, 4.69) is 31.4 Å². The van der Waals surface area contributed by atoms with Crippen molar-refractivity contribution < 1.29 is 9.90 Å². The molecule has 0 aromatic heterocycles. The second-order valence-corrected chi connectivity index (χ2v) is 7.36. The van der Waals surface area contributed by atoms with Gasteiger partial charge in [0, 0.05) is 6.04 Å². The van der Waals surface area contributed by atoms with Crippen molar-refractivity contribution in [3.8, 4) is 0 Å². The number of amides is 1. The first-order valence-corrected chi connectivity index (χ1v) is 7.63. The van der Waals surface area contributed by atoms with Crippen molar-refractivity contribution in [2.24, 2.45) is 23.2 Å². The van der Waals surface area contributed by atoms with Gasteiger partial charge in [-0.2, -0.15) is 0 Å². The smallest absolute Gasteiger partial charge is 0.240 e. The van der Waals surface area contributed by atoms with Gasteiger partial charge in [0.25, 0.3) is 0 Å². The first-order chi connectivity index (χ1) is 8.91. The highest BCUT2D eigenvalue weighted by Gasteiger charge is 2.56. The third kappa shape index (κ3) is 2.00. The number of hydrogen-bond acceptors (Lipinski definition) is 3. The Hall–Kier alpha value is -0.610. The summed E-state index contributed by atoms with van der Waals surface area (Å²) in [6, 6.07) is -0.114. The zero-order valence-electron chi connectivity index (χ0n) is 12.1. The second-order valence-electron chi connectivity index (χ2n) is 7.36. The number of aliphatic hydroxyl groups excluding tert-OH is 1. The zero-order chi connectivity index (χ0) is 13.8. The Bertz CT molecular complexity index is 382. The molecule has 3 N–H and O–H groups in total. The lowest BCUT2D eigenvalue weighted by Gasteiger charge is -2.62. The van der Waals surface area contributed by atoms with Crippen LogP contribution in [0.3, 0.4) is 0 Å². The van der Waals surface area contributed by atoms with Crippen molar-refractivity contribution >= 4 is 5.91 Å². The Labute approximate surface area is 115 Å². The van der Waals surface area contributed by atoms with Gasteiger partial charge in [-0.1, -0.05) is 20.8 Å². The molecule has 1 aliphatic heterocycles. The van der Waals surface area contributed by atoms with Gasteiger partial charge in [0.05, 0.1) is 6.10 Å². The van der Waals surface area contributed by atoms with E-state index in [1.165, 1.54) is 6.42 Å². The van der Waals surface area contributed by atoms with Crippen molar-refractivity contribution in [2.75, 3.05) is 6.54 Å². The topological polar surface area (TPSA) is 61.4 Å². The quantitative estimate of drug-likeness (QED) is 0.696. The molecule has 1 heterocycles. The highest BCUT2D eigenvalue weighted by Crippen LogP contribution is 2.61. The monoisotopic (exact) mass is 266 g/mol. The summed E-state index contributed by atoms with van der Waals surface area (Å²) in [6.07, 6.45) is 2.57. The molecule has 4 heteroatoms. The Kier molecular flexibility index (Phi) is 3.13. The molecule has 1 saturated heterocycles. The van der Waals surface area contributed by atoms with E-state index in [1.54, 1.807) is 0 Å². The van der Waals surface area contributed by atoms with Gasteiger partial charge in [0.1, 0.15) is 6.04 Å². The van der Waals surface area contributed by atoms with Crippen molar-refractivity contribution in [3.63, 3.8) is 0 Å². The molecule has 4 nitrogen and oxygen atoms in total. The summed E-state index contributed by atoms with van der Waals surface area (Å²) in [6.45, 7) is 7.73. The van der Waals surface area contributed by atoms with Crippen LogP contribution < -0.4 is 10.6 Å². The van der Waals surface area contributed by atoms with E-state index in [0.717, 1.165) is 24.8 Å². The first kappa shape index (κ1) is 13.4. The molecule has 3 aliphatic carbocycles. The Morgan fingerprint density at radius 3 is 2.63 bits per heavy atom. The third-order valence-electron chi connectivity index (χ3n) is 6.15. The zero-order valence-corrected chi connectivity index (χ0v) is 12.1. The van der Waals surface area contributed by atoms with Crippen molar-refractivity contribution in [3.05, 3.63) is 0 Å². The van der Waals surface area contributed by atoms with E-state index in [1.807, 2.05) is 0 Å². The molecule has 2 bridgehead atoms. The minimum absolute atomic E-state index is 0.0130. The highest BCUT2D eigenvalue weighted by atomic mass is 16.3. The van der Waals surface area contributed by atoms with Crippen LogP contribution in [0, 0.1) is 23.2 Å². The average molecular weight is 266 g/mol.